The van der Waals surface area contributed by atoms with Crippen molar-refractivity contribution in [2.75, 3.05) is 18.5 Å². The number of urea groups is 1. The Bertz CT molecular complexity index is 768. The van der Waals surface area contributed by atoms with E-state index in [0.717, 1.165) is 5.56 Å². The Kier molecular flexibility index (Phi) is 6.39. The Balaban J connectivity index is 2.17. The molecule has 2 aromatic rings. The molecular weight excluding hydrogens is 362 g/mol. The number of hydrogen-bond acceptors (Lipinski definition) is 5. The van der Waals surface area contributed by atoms with E-state index in [9.17, 15) is 4.79 Å². The second kappa shape index (κ2) is 8.32. The number of thiazole rings is 1. The number of halogens is 1. The molecule has 1 heterocycles. The van der Waals surface area contributed by atoms with Crippen LogP contribution in [-0.2, 0) is 5.41 Å². The number of benzene rings is 1. The van der Waals surface area contributed by atoms with E-state index in [-0.39, 0.29) is 13.2 Å². The molecule has 6 nitrogen and oxygen atoms in total. The molecule has 132 valence electrons. The zero-order valence-electron chi connectivity index (χ0n) is 13.5. The summed E-state index contributed by atoms with van der Waals surface area (Å²) in [5.41, 5.74) is 0.718. The third kappa shape index (κ3) is 4.50. The number of anilines is 1. The summed E-state index contributed by atoms with van der Waals surface area (Å²) in [7, 11) is 0. The number of hydrogen-bond donors (Lipinski definition) is 4. The predicted octanol–water partition coefficient (Wildman–Crippen LogP) is 2.21. The van der Waals surface area contributed by atoms with Crippen LogP contribution < -0.4 is 10.6 Å². The van der Waals surface area contributed by atoms with Crippen LogP contribution in [0.15, 0.2) is 29.6 Å². The normalized spacial score (nSPS) is 13.1. The van der Waals surface area contributed by atoms with Crippen LogP contribution in [0.1, 0.15) is 18.2 Å². The highest BCUT2D eigenvalue weighted by Crippen LogP contribution is 2.33. The van der Waals surface area contributed by atoms with Gasteiger partial charge in [-0.3, -0.25) is 5.32 Å². The van der Waals surface area contributed by atoms with Gasteiger partial charge in [0.2, 0.25) is 0 Å². The van der Waals surface area contributed by atoms with Gasteiger partial charge in [-0.25, -0.2) is 9.78 Å². The molecule has 0 spiro atoms. The van der Waals surface area contributed by atoms with E-state index < -0.39 is 17.5 Å². The highest BCUT2D eigenvalue weighted by atomic mass is 35.5. The molecule has 8 heteroatoms. The molecular formula is C17H18ClN3O3S. The number of rotatable bonds is 6. The van der Waals surface area contributed by atoms with Crippen LogP contribution in [0.4, 0.5) is 9.93 Å². The zero-order valence-corrected chi connectivity index (χ0v) is 15.1. The largest absolute Gasteiger partial charge is 0.394 e. The maximum Gasteiger partial charge on any atom is 0.321 e. The van der Waals surface area contributed by atoms with Gasteiger partial charge in [0, 0.05) is 10.4 Å². The third-order valence-corrected chi connectivity index (χ3v) is 4.73. The van der Waals surface area contributed by atoms with Crippen molar-refractivity contribution in [3.05, 3.63) is 45.9 Å². The van der Waals surface area contributed by atoms with Crippen LogP contribution in [0, 0.1) is 12.3 Å². The quantitative estimate of drug-likeness (QED) is 0.579. The summed E-state index contributed by atoms with van der Waals surface area (Å²) in [6.45, 7) is 1.14. The molecule has 1 unspecified atom stereocenters. The van der Waals surface area contributed by atoms with Crippen molar-refractivity contribution < 1.29 is 15.0 Å². The van der Waals surface area contributed by atoms with Gasteiger partial charge in [-0.2, -0.15) is 0 Å². The number of terminal acetylenes is 1. The maximum atomic E-state index is 11.8. The molecule has 2 amide bonds. The van der Waals surface area contributed by atoms with Crippen LogP contribution in [0.25, 0.3) is 0 Å². The summed E-state index contributed by atoms with van der Waals surface area (Å²) in [4.78, 5) is 16.2. The molecule has 0 saturated carbocycles. The van der Waals surface area contributed by atoms with Crippen LogP contribution in [0.2, 0.25) is 5.02 Å². The van der Waals surface area contributed by atoms with Crippen molar-refractivity contribution >= 4 is 34.1 Å². The van der Waals surface area contributed by atoms with Crippen molar-refractivity contribution in [1.82, 2.24) is 10.3 Å². The van der Waals surface area contributed by atoms with E-state index in [1.54, 1.807) is 17.5 Å². The van der Waals surface area contributed by atoms with Crippen molar-refractivity contribution in [3.63, 3.8) is 0 Å². The highest BCUT2D eigenvalue weighted by Gasteiger charge is 2.29. The van der Waals surface area contributed by atoms with Crippen LogP contribution in [0.5, 0.6) is 0 Å². The number of aliphatic hydroxyl groups excluding tert-OH is 2. The molecule has 1 aromatic carbocycles. The Morgan fingerprint density at radius 3 is 2.60 bits per heavy atom. The average molecular weight is 380 g/mol. The molecule has 1 atom stereocenters. The van der Waals surface area contributed by atoms with Crippen molar-refractivity contribution in [2.45, 2.75) is 18.4 Å². The van der Waals surface area contributed by atoms with Gasteiger partial charge in [-0.1, -0.05) is 29.7 Å². The smallest absolute Gasteiger partial charge is 0.321 e. The molecule has 0 saturated heterocycles. The molecule has 0 bridgehead atoms. The number of aliphatic hydroxyl groups is 2. The first-order valence-electron chi connectivity index (χ1n) is 7.42. The minimum atomic E-state index is -0.768. The third-order valence-electron chi connectivity index (χ3n) is 3.72. The maximum absolute atomic E-state index is 11.8. The lowest BCUT2D eigenvalue weighted by molar-refractivity contribution is 0.172. The van der Waals surface area contributed by atoms with E-state index in [0.29, 0.717) is 15.8 Å². The molecule has 2 rings (SSSR count). The molecule has 0 aliphatic rings. The average Bonchev–Trinajstić information content (AvgIpc) is 3.08. The molecule has 4 N–H and O–H groups in total. The minimum Gasteiger partial charge on any atom is -0.394 e. The number of carbonyl (C=O) groups excluding carboxylic acids is 1. The van der Waals surface area contributed by atoms with Crippen molar-refractivity contribution in [2.24, 2.45) is 0 Å². The van der Waals surface area contributed by atoms with Crippen LogP contribution >= 0.6 is 22.9 Å². The lowest BCUT2D eigenvalue weighted by Crippen LogP contribution is -2.42. The Labute approximate surface area is 154 Å². The van der Waals surface area contributed by atoms with Gasteiger partial charge in [-0.15, -0.1) is 17.8 Å². The summed E-state index contributed by atoms with van der Waals surface area (Å²) >= 11 is 7.15. The second-order valence-electron chi connectivity index (χ2n) is 5.47. The number of carbonyl (C=O) groups is 1. The number of amides is 2. The van der Waals surface area contributed by atoms with Crippen LogP contribution in [-0.4, -0.2) is 40.5 Å². The topological polar surface area (TPSA) is 94.5 Å². The monoisotopic (exact) mass is 379 g/mol. The van der Waals surface area contributed by atoms with Gasteiger partial charge in [0.1, 0.15) is 0 Å². The Morgan fingerprint density at radius 2 is 2.04 bits per heavy atom. The lowest BCUT2D eigenvalue weighted by Gasteiger charge is -2.22. The standard InChI is InChI=1S/C17H18ClN3O3S/c1-3-17(2,11-4-6-12(18)7-5-11)14-10-25-16(20-14)21-15(24)19-13(8-22)9-23/h1,4-7,10,13,22-23H,8-9H2,2H3,(H2,19,20,21,24). The SMILES string of the molecule is C#CC(C)(c1ccc(Cl)cc1)c1csc(NC(=O)NC(CO)CO)n1. The van der Waals surface area contributed by atoms with E-state index >= 15 is 0 Å². The number of aromatic nitrogens is 1. The fourth-order valence-electron chi connectivity index (χ4n) is 2.12. The van der Waals surface area contributed by atoms with Gasteiger partial charge in [0.05, 0.1) is 30.4 Å². The van der Waals surface area contributed by atoms with Gasteiger partial charge in [-0.05, 0) is 24.6 Å². The summed E-state index contributed by atoms with van der Waals surface area (Å²) in [5, 5.41) is 25.7. The Morgan fingerprint density at radius 1 is 1.40 bits per heavy atom. The van der Waals surface area contributed by atoms with Gasteiger partial charge < -0.3 is 15.5 Å². The van der Waals surface area contributed by atoms with Crippen molar-refractivity contribution in [1.29, 1.82) is 0 Å². The molecule has 0 aliphatic carbocycles. The van der Waals surface area contributed by atoms with E-state index in [1.807, 2.05) is 19.1 Å². The number of nitrogens with zero attached hydrogens (tertiary/aromatic N) is 1. The summed E-state index contributed by atoms with van der Waals surface area (Å²) < 4.78 is 0. The summed E-state index contributed by atoms with van der Waals surface area (Å²) in [5.74, 6) is 2.75. The first-order chi connectivity index (χ1) is 11.9. The van der Waals surface area contributed by atoms with Crippen molar-refractivity contribution in [3.8, 4) is 12.3 Å². The molecule has 0 fully saturated rings. The van der Waals surface area contributed by atoms with E-state index in [4.69, 9.17) is 28.2 Å². The Hall–Kier alpha value is -2.11. The van der Waals surface area contributed by atoms with Gasteiger partial charge >= 0.3 is 6.03 Å². The predicted molar refractivity (Wildman–Crippen MR) is 99.0 cm³/mol. The first kappa shape index (κ1) is 19.2. The van der Waals surface area contributed by atoms with Crippen LogP contribution in [0.3, 0.4) is 0 Å². The van der Waals surface area contributed by atoms with E-state index in [2.05, 4.69) is 21.5 Å². The minimum absolute atomic E-state index is 0.359. The highest BCUT2D eigenvalue weighted by molar-refractivity contribution is 7.14. The summed E-state index contributed by atoms with van der Waals surface area (Å²) in [6, 6.07) is 5.90. The fraction of sp³-hybridized carbons (Fsp3) is 0.294. The first-order valence-corrected chi connectivity index (χ1v) is 8.67. The van der Waals surface area contributed by atoms with Gasteiger partial charge in [0.15, 0.2) is 5.13 Å². The molecule has 0 radical (unpaired) electrons. The zero-order chi connectivity index (χ0) is 18.4. The molecule has 1 aromatic heterocycles. The lowest BCUT2D eigenvalue weighted by atomic mass is 9.81. The molecule has 0 aliphatic heterocycles. The second-order valence-corrected chi connectivity index (χ2v) is 6.77. The van der Waals surface area contributed by atoms with E-state index in [1.165, 1.54) is 11.3 Å². The summed E-state index contributed by atoms with van der Waals surface area (Å²) in [6.07, 6.45) is 5.75. The number of nitrogens with one attached hydrogen (secondary N) is 2. The van der Waals surface area contributed by atoms with Gasteiger partial charge in [0.25, 0.3) is 0 Å². The molecule has 25 heavy (non-hydrogen) atoms. The fourth-order valence-corrected chi connectivity index (χ4v) is 3.06.